The molecule has 5 rings (SSSR count). The third-order valence-electron chi connectivity index (χ3n) is 9.65. The van der Waals surface area contributed by atoms with Crippen molar-refractivity contribution in [3.8, 4) is 0 Å². The topological polar surface area (TPSA) is 288 Å². The van der Waals surface area contributed by atoms with Crippen LogP contribution in [0.4, 0.5) is 0 Å². The van der Waals surface area contributed by atoms with Crippen LogP contribution in [0.15, 0.2) is 11.8 Å². The summed E-state index contributed by atoms with van der Waals surface area (Å²) in [4.78, 5) is 13.3. The summed E-state index contributed by atoms with van der Waals surface area (Å²) < 4.78 is 18.3. The van der Waals surface area contributed by atoms with Crippen LogP contribution in [0.1, 0.15) is 26.2 Å². The molecule has 2 saturated heterocycles. The number of nitrogens with two attached hydrogens (primary N) is 3. The lowest BCUT2D eigenvalue weighted by molar-refractivity contribution is -0.297. The molecule has 0 spiro atoms. The number of ether oxygens (including phenoxy) is 3. The molecule has 2 saturated carbocycles. The van der Waals surface area contributed by atoms with Crippen molar-refractivity contribution < 1.29 is 39.4 Å². The molecule has 3 aliphatic heterocycles. The predicted molar refractivity (Wildman–Crippen MR) is 157 cm³/mol. The lowest BCUT2D eigenvalue weighted by Gasteiger charge is -2.51. The van der Waals surface area contributed by atoms with E-state index in [0.717, 1.165) is 13.1 Å². The maximum atomic E-state index is 13.3. The van der Waals surface area contributed by atoms with Gasteiger partial charge in [-0.15, -0.1) is 0 Å². The van der Waals surface area contributed by atoms with E-state index in [1.807, 2.05) is 6.08 Å². The van der Waals surface area contributed by atoms with Crippen LogP contribution in [-0.4, -0.2) is 144 Å². The normalized spacial score (nSPS) is 45.8. The Morgan fingerprint density at radius 2 is 1.95 bits per heavy atom. The maximum Gasteiger partial charge on any atom is 0.254 e. The molecule has 0 aromatic heterocycles. The van der Waals surface area contributed by atoms with Crippen LogP contribution < -0.4 is 43.8 Å². The van der Waals surface area contributed by atoms with E-state index in [1.165, 1.54) is 6.92 Å². The van der Waals surface area contributed by atoms with Gasteiger partial charge in [-0.1, -0.05) is 0 Å². The van der Waals surface area contributed by atoms with Gasteiger partial charge in [-0.2, -0.15) is 0 Å². The summed E-state index contributed by atoms with van der Waals surface area (Å²) in [6.45, 7) is 3.12. The number of likely N-dealkylation sites (N-methyl/N-ethyl adjacent to an activating group) is 1. The predicted octanol–water partition coefficient (Wildman–Crippen LogP) is -5.83. The number of aliphatic hydroxyl groups is 4. The van der Waals surface area contributed by atoms with E-state index in [9.17, 15) is 25.2 Å². The number of aliphatic hydroxyl groups excluding tert-OH is 2. The molecular formula is C27H49N9O8. The van der Waals surface area contributed by atoms with Crippen LogP contribution >= 0.6 is 0 Å². The van der Waals surface area contributed by atoms with Gasteiger partial charge in [-0.3, -0.25) is 10.2 Å². The number of carbonyl (C=O) groups excluding carboxylic acids is 1. The van der Waals surface area contributed by atoms with Crippen LogP contribution in [-0.2, 0) is 19.0 Å². The minimum atomic E-state index is -1.82. The van der Waals surface area contributed by atoms with E-state index in [1.54, 1.807) is 7.05 Å². The van der Waals surface area contributed by atoms with Gasteiger partial charge in [0.1, 0.15) is 29.7 Å². The van der Waals surface area contributed by atoms with Crippen molar-refractivity contribution in [3.05, 3.63) is 11.8 Å². The van der Waals surface area contributed by atoms with Crippen molar-refractivity contribution in [1.29, 1.82) is 5.41 Å². The molecule has 16 N–H and O–H groups in total. The Labute approximate surface area is 256 Å². The summed E-state index contributed by atoms with van der Waals surface area (Å²) in [6, 6.07) is -3.12. The molecule has 13 atom stereocenters. The number of amides is 1. The average molecular weight is 628 g/mol. The highest BCUT2D eigenvalue weighted by molar-refractivity contribution is 5.91. The Bertz CT molecular complexity index is 1100. The minimum absolute atomic E-state index is 0.0325. The Morgan fingerprint density at radius 3 is 2.57 bits per heavy atom. The molecule has 17 heteroatoms. The van der Waals surface area contributed by atoms with Gasteiger partial charge in [0.05, 0.1) is 37.4 Å². The summed E-state index contributed by atoms with van der Waals surface area (Å²) in [5.41, 5.74) is 14.8. The molecule has 0 aromatic carbocycles. The molecule has 5 aliphatic rings. The van der Waals surface area contributed by atoms with Gasteiger partial charge in [0.2, 0.25) is 0 Å². The number of nitrogens with one attached hydrogen (secondary N) is 6. The first-order valence-corrected chi connectivity index (χ1v) is 15.2. The number of hydrogen-bond donors (Lipinski definition) is 13. The number of guanidine groups is 1. The zero-order valence-corrected chi connectivity index (χ0v) is 25.1. The summed E-state index contributed by atoms with van der Waals surface area (Å²) in [6.07, 6.45) is -2.98. The lowest BCUT2D eigenvalue weighted by Crippen LogP contribution is -2.70. The zero-order valence-electron chi connectivity index (χ0n) is 25.1. The number of rotatable bonds is 10. The van der Waals surface area contributed by atoms with E-state index < -0.39 is 77.9 Å². The van der Waals surface area contributed by atoms with Crippen LogP contribution in [0, 0.1) is 11.3 Å². The molecule has 2 aliphatic carbocycles. The smallest absolute Gasteiger partial charge is 0.254 e. The van der Waals surface area contributed by atoms with Gasteiger partial charge >= 0.3 is 0 Å². The van der Waals surface area contributed by atoms with E-state index >= 15 is 0 Å². The maximum absolute atomic E-state index is 13.3. The molecule has 44 heavy (non-hydrogen) atoms. The Morgan fingerprint density at radius 1 is 1.23 bits per heavy atom. The molecule has 250 valence electrons. The molecule has 1 amide bonds. The van der Waals surface area contributed by atoms with E-state index in [0.29, 0.717) is 12.2 Å². The Kier molecular flexibility index (Phi) is 9.75. The van der Waals surface area contributed by atoms with Crippen molar-refractivity contribution in [3.63, 3.8) is 0 Å². The third-order valence-corrected chi connectivity index (χ3v) is 9.65. The second-order valence-electron chi connectivity index (χ2n) is 13.0. The average Bonchev–Trinajstić information content (AvgIpc) is 3.59. The zero-order chi connectivity index (χ0) is 32.0. The van der Waals surface area contributed by atoms with Gasteiger partial charge < -0.3 is 78.4 Å². The van der Waals surface area contributed by atoms with Gasteiger partial charge in [0, 0.05) is 43.6 Å². The lowest BCUT2D eigenvalue weighted by atomic mass is 9.72. The molecule has 0 radical (unpaired) electrons. The molecule has 0 bridgehead atoms. The van der Waals surface area contributed by atoms with Crippen molar-refractivity contribution in [2.75, 3.05) is 33.3 Å². The second kappa shape index (κ2) is 12.9. The third kappa shape index (κ3) is 6.54. The molecule has 0 aromatic rings. The minimum Gasteiger partial charge on any atom is -0.492 e. The van der Waals surface area contributed by atoms with E-state index in [-0.39, 0.29) is 44.0 Å². The second-order valence-corrected chi connectivity index (χ2v) is 13.0. The number of hydrogen-bond acceptors (Lipinski definition) is 14. The van der Waals surface area contributed by atoms with Gasteiger partial charge in [-0.05, 0) is 32.9 Å². The molecule has 3 unspecified atom stereocenters. The highest BCUT2D eigenvalue weighted by Crippen LogP contribution is 2.39. The molecule has 17 nitrogen and oxygen atoms in total. The fourth-order valence-corrected chi connectivity index (χ4v) is 6.97. The van der Waals surface area contributed by atoms with Crippen LogP contribution in [0.5, 0.6) is 0 Å². The van der Waals surface area contributed by atoms with Crippen LogP contribution in [0.25, 0.3) is 0 Å². The molecule has 4 fully saturated rings. The first-order valence-electron chi connectivity index (χ1n) is 15.2. The van der Waals surface area contributed by atoms with Gasteiger partial charge in [0.25, 0.3) is 5.91 Å². The SMILES string of the molecule is CN[C@@H]1[C@@H](O)[C@@H](O[C@H]2[C@H](NC(=O)C3(O)CC3NC(=N)N)C[C@H](N)C([C@H]3OC(CN)=CC[C@H]3NC3CNC3)[C@@H]2O)OC[C@]1(C)O. The van der Waals surface area contributed by atoms with Crippen LogP contribution in [0.3, 0.4) is 0 Å². The van der Waals surface area contributed by atoms with Gasteiger partial charge in [0.15, 0.2) is 17.9 Å². The highest BCUT2D eigenvalue weighted by atomic mass is 16.7. The van der Waals surface area contributed by atoms with Crippen molar-refractivity contribution in [1.82, 2.24) is 26.6 Å². The summed E-state index contributed by atoms with van der Waals surface area (Å²) >= 11 is 0. The summed E-state index contributed by atoms with van der Waals surface area (Å²) in [5, 5.41) is 67.2. The quantitative estimate of drug-likeness (QED) is 0.0793. The van der Waals surface area contributed by atoms with E-state index in [2.05, 4.69) is 26.6 Å². The number of carbonyl (C=O) groups is 1. The van der Waals surface area contributed by atoms with E-state index in [4.69, 9.17) is 36.8 Å². The largest absolute Gasteiger partial charge is 0.492 e. The molecule has 3 heterocycles. The van der Waals surface area contributed by atoms with Crippen molar-refractivity contribution >= 4 is 11.9 Å². The Balaban J connectivity index is 1.40. The fourth-order valence-electron chi connectivity index (χ4n) is 6.97. The van der Waals surface area contributed by atoms with Crippen molar-refractivity contribution in [2.24, 2.45) is 23.1 Å². The highest BCUT2D eigenvalue weighted by Gasteiger charge is 2.61. The molecular weight excluding hydrogens is 578 g/mol. The summed E-state index contributed by atoms with van der Waals surface area (Å²) in [5.74, 6) is -1.23. The first-order chi connectivity index (χ1) is 20.8. The first kappa shape index (κ1) is 33.2. The Hall–Kier alpha value is -2.16. The van der Waals surface area contributed by atoms with Crippen LogP contribution in [0.2, 0.25) is 0 Å². The summed E-state index contributed by atoms with van der Waals surface area (Å²) in [7, 11) is 1.59. The monoisotopic (exact) mass is 627 g/mol. The fraction of sp³-hybridized carbons (Fsp3) is 0.852. The van der Waals surface area contributed by atoms with Crippen molar-refractivity contribution in [2.45, 2.75) is 104 Å². The standard InChI is InChI=1S/C27H49N9O8/c1-26(40)10-42-23(19(38)22(26)32-2)44-21-15(35-24(39)27(41)6-16(27)36-25(30)31)5-13(29)17(18(21)37)20-14(34-11-8-33-9-11)4-3-12(7-28)43-20/h3,11,13-23,32-34,37-38,40-41H,4-10,28-29H2,1-2H3,(H,35,39)(H4,30,31,36)/t13-,14+,15+,16?,17?,18-,19+,20-,21-,22+,23+,26-,27?/m0/s1. The van der Waals surface area contributed by atoms with Gasteiger partial charge in [-0.25, -0.2) is 0 Å².